The fraction of sp³-hybridized carbons (Fsp3) is 0.529. The molecule has 0 aliphatic carbocycles. The van der Waals surface area contributed by atoms with Crippen LogP contribution in [0.15, 0.2) is 17.5 Å². The van der Waals surface area contributed by atoms with Crippen molar-refractivity contribution >= 4 is 23.1 Å². The summed E-state index contributed by atoms with van der Waals surface area (Å²) in [6.07, 6.45) is 3.23. The van der Waals surface area contributed by atoms with E-state index in [1.54, 1.807) is 0 Å². The number of hydrogen-bond acceptors (Lipinski definition) is 6. The number of hydrogen-bond donors (Lipinski definition) is 2. The Morgan fingerprint density at radius 1 is 1.39 bits per heavy atom. The Morgan fingerprint density at radius 3 is 2.96 bits per heavy atom. The lowest BCUT2D eigenvalue weighted by atomic mass is 10.1. The van der Waals surface area contributed by atoms with Gasteiger partial charge in [0.1, 0.15) is 5.82 Å². The average Bonchev–Trinajstić information content (AvgIpc) is 3.08. The molecule has 0 amide bonds. The summed E-state index contributed by atoms with van der Waals surface area (Å²) in [6, 6.07) is 4.65. The SMILES string of the molecule is CCC[C@@H](Nc1nc(N(C)C)nc2c1CCNC2)c1cccs1. The standard InChI is InChI=1S/C17H25N5S/c1-4-6-13(15-7-5-10-23-15)19-16-12-8-9-18-11-14(12)20-17(21-16)22(2)3/h5,7,10,13,18H,4,6,8-9,11H2,1-3H3,(H,19,20,21)/t13-/m1/s1. The minimum atomic E-state index is 0.323. The summed E-state index contributed by atoms with van der Waals surface area (Å²) in [5.41, 5.74) is 2.39. The average molecular weight is 331 g/mol. The van der Waals surface area contributed by atoms with E-state index in [4.69, 9.17) is 9.97 Å². The van der Waals surface area contributed by atoms with Crippen LogP contribution in [0.1, 0.15) is 41.9 Å². The molecule has 2 aromatic rings. The van der Waals surface area contributed by atoms with Gasteiger partial charge in [0.25, 0.3) is 0 Å². The predicted octanol–water partition coefficient (Wildman–Crippen LogP) is 3.20. The fourth-order valence-corrected chi connectivity index (χ4v) is 3.71. The zero-order valence-electron chi connectivity index (χ0n) is 14.1. The first kappa shape index (κ1) is 16.2. The summed E-state index contributed by atoms with van der Waals surface area (Å²) in [7, 11) is 3.98. The summed E-state index contributed by atoms with van der Waals surface area (Å²) >= 11 is 1.81. The second kappa shape index (κ2) is 7.27. The van der Waals surface area contributed by atoms with Crippen molar-refractivity contribution in [2.45, 2.75) is 38.8 Å². The zero-order chi connectivity index (χ0) is 16.2. The van der Waals surface area contributed by atoms with Crippen molar-refractivity contribution in [2.75, 3.05) is 30.9 Å². The van der Waals surface area contributed by atoms with E-state index in [1.807, 2.05) is 30.3 Å². The van der Waals surface area contributed by atoms with Gasteiger partial charge in [0.15, 0.2) is 0 Å². The van der Waals surface area contributed by atoms with Crippen LogP contribution in [0.3, 0.4) is 0 Å². The van der Waals surface area contributed by atoms with Gasteiger partial charge < -0.3 is 15.5 Å². The Bertz CT molecular complexity index is 639. The highest BCUT2D eigenvalue weighted by Crippen LogP contribution is 2.30. The van der Waals surface area contributed by atoms with Crippen molar-refractivity contribution in [3.8, 4) is 0 Å². The molecule has 3 rings (SSSR count). The molecular weight excluding hydrogens is 306 g/mol. The van der Waals surface area contributed by atoms with Crippen molar-refractivity contribution in [2.24, 2.45) is 0 Å². The molecule has 1 atom stereocenters. The molecule has 1 aliphatic heterocycles. The molecule has 2 aromatic heterocycles. The van der Waals surface area contributed by atoms with Crippen LogP contribution in [0.5, 0.6) is 0 Å². The number of thiophene rings is 1. The van der Waals surface area contributed by atoms with Gasteiger partial charge in [-0.2, -0.15) is 4.98 Å². The molecule has 0 fully saturated rings. The summed E-state index contributed by atoms with van der Waals surface area (Å²) in [6.45, 7) is 4.04. The van der Waals surface area contributed by atoms with Crippen LogP contribution in [-0.2, 0) is 13.0 Å². The minimum Gasteiger partial charge on any atom is -0.362 e. The number of aromatic nitrogens is 2. The number of fused-ring (bicyclic) bond motifs is 1. The maximum atomic E-state index is 4.80. The first-order valence-electron chi connectivity index (χ1n) is 8.26. The molecule has 5 nitrogen and oxygen atoms in total. The monoisotopic (exact) mass is 331 g/mol. The molecule has 1 aliphatic rings. The molecule has 0 bridgehead atoms. The molecule has 0 saturated carbocycles. The smallest absolute Gasteiger partial charge is 0.227 e. The third kappa shape index (κ3) is 3.64. The van der Waals surface area contributed by atoms with Gasteiger partial charge in [0.05, 0.1) is 11.7 Å². The number of nitrogens with zero attached hydrogens (tertiary/aromatic N) is 3. The largest absolute Gasteiger partial charge is 0.362 e. The van der Waals surface area contributed by atoms with Crippen LogP contribution < -0.4 is 15.5 Å². The van der Waals surface area contributed by atoms with Gasteiger partial charge in [0, 0.05) is 31.1 Å². The molecule has 2 N–H and O–H groups in total. The van der Waals surface area contributed by atoms with Gasteiger partial charge in [-0.05, 0) is 30.8 Å². The lowest BCUT2D eigenvalue weighted by molar-refractivity contribution is 0.618. The first-order valence-corrected chi connectivity index (χ1v) is 9.14. The van der Waals surface area contributed by atoms with Gasteiger partial charge >= 0.3 is 0 Å². The number of anilines is 2. The molecule has 23 heavy (non-hydrogen) atoms. The lowest BCUT2D eigenvalue weighted by Crippen LogP contribution is -2.28. The Labute approximate surface area is 142 Å². The third-order valence-electron chi connectivity index (χ3n) is 4.10. The van der Waals surface area contributed by atoms with Gasteiger partial charge in [0.2, 0.25) is 5.95 Å². The van der Waals surface area contributed by atoms with E-state index in [2.05, 4.69) is 35.1 Å². The van der Waals surface area contributed by atoms with Crippen molar-refractivity contribution < 1.29 is 0 Å². The van der Waals surface area contributed by atoms with Crippen LogP contribution in [0.25, 0.3) is 0 Å². The summed E-state index contributed by atoms with van der Waals surface area (Å²) in [5, 5.41) is 9.26. The Morgan fingerprint density at radius 2 is 2.26 bits per heavy atom. The molecule has 3 heterocycles. The highest BCUT2D eigenvalue weighted by molar-refractivity contribution is 7.10. The molecule has 6 heteroatoms. The van der Waals surface area contributed by atoms with E-state index in [9.17, 15) is 0 Å². The quantitative estimate of drug-likeness (QED) is 0.851. The van der Waals surface area contributed by atoms with Crippen LogP contribution >= 0.6 is 11.3 Å². The van der Waals surface area contributed by atoms with Crippen molar-refractivity contribution in [1.29, 1.82) is 0 Å². The van der Waals surface area contributed by atoms with Gasteiger partial charge in [-0.1, -0.05) is 19.4 Å². The van der Waals surface area contributed by atoms with E-state index in [0.717, 1.165) is 49.8 Å². The van der Waals surface area contributed by atoms with Crippen LogP contribution in [-0.4, -0.2) is 30.6 Å². The molecule has 0 aromatic carbocycles. The van der Waals surface area contributed by atoms with E-state index in [-0.39, 0.29) is 0 Å². The Hall–Kier alpha value is -1.66. The Balaban J connectivity index is 1.95. The minimum absolute atomic E-state index is 0.323. The molecule has 0 saturated heterocycles. The summed E-state index contributed by atoms with van der Waals surface area (Å²) in [4.78, 5) is 12.8. The molecule has 0 spiro atoms. The maximum absolute atomic E-state index is 4.80. The fourth-order valence-electron chi connectivity index (χ4n) is 2.89. The highest BCUT2D eigenvalue weighted by Gasteiger charge is 2.21. The van der Waals surface area contributed by atoms with Gasteiger partial charge in [-0.25, -0.2) is 4.98 Å². The van der Waals surface area contributed by atoms with E-state index in [1.165, 1.54) is 10.4 Å². The van der Waals surface area contributed by atoms with Crippen LogP contribution in [0.2, 0.25) is 0 Å². The van der Waals surface area contributed by atoms with Crippen molar-refractivity contribution in [1.82, 2.24) is 15.3 Å². The zero-order valence-corrected chi connectivity index (χ0v) is 14.9. The number of rotatable bonds is 6. The van der Waals surface area contributed by atoms with E-state index in [0.29, 0.717) is 6.04 Å². The normalized spacial score (nSPS) is 15.1. The second-order valence-corrected chi connectivity index (χ2v) is 7.10. The Kier molecular flexibility index (Phi) is 5.13. The number of nitrogens with one attached hydrogen (secondary N) is 2. The summed E-state index contributed by atoms with van der Waals surface area (Å²) < 4.78 is 0. The predicted molar refractivity (Wildman–Crippen MR) is 97.4 cm³/mol. The van der Waals surface area contributed by atoms with E-state index >= 15 is 0 Å². The molecular formula is C17H25N5S. The van der Waals surface area contributed by atoms with Crippen LogP contribution in [0, 0.1) is 0 Å². The molecule has 0 radical (unpaired) electrons. The summed E-state index contributed by atoms with van der Waals surface area (Å²) in [5.74, 6) is 1.78. The topological polar surface area (TPSA) is 53.1 Å². The van der Waals surface area contributed by atoms with Gasteiger partial charge in [-0.15, -0.1) is 11.3 Å². The molecule has 124 valence electrons. The molecule has 0 unspecified atom stereocenters. The lowest BCUT2D eigenvalue weighted by Gasteiger charge is -2.25. The van der Waals surface area contributed by atoms with Crippen molar-refractivity contribution in [3.63, 3.8) is 0 Å². The maximum Gasteiger partial charge on any atom is 0.227 e. The van der Waals surface area contributed by atoms with Gasteiger partial charge in [-0.3, -0.25) is 0 Å². The first-order chi connectivity index (χ1) is 11.2. The second-order valence-electron chi connectivity index (χ2n) is 6.12. The van der Waals surface area contributed by atoms with Crippen molar-refractivity contribution in [3.05, 3.63) is 33.6 Å². The van der Waals surface area contributed by atoms with E-state index < -0.39 is 0 Å². The van der Waals surface area contributed by atoms with Crippen LogP contribution in [0.4, 0.5) is 11.8 Å². The third-order valence-corrected chi connectivity index (χ3v) is 5.09. The highest BCUT2D eigenvalue weighted by atomic mass is 32.1.